The topological polar surface area (TPSA) is 67.8 Å². The van der Waals surface area contributed by atoms with Crippen molar-refractivity contribution in [3.8, 4) is 11.5 Å². The van der Waals surface area contributed by atoms with E-state index in [2.05, 4.69) is 52.8 Å². The molecule has 0 aliphatic heterocycles. The first-order valence-corrected chi connectivity index (χ1v) is 10.1. The van der Waals surface area contributed by atoms with Crippen molar-refractivity contribution in [1.82, 2.24) is 15.6 Å². The third-order valence-corrected chi connectivity index (χ3v) is 4.88. The average Bonchev–Trinajstić information content (AvgIpc) is 3.15. The summed E-state index contributed by atoms with van der Waals surface area (Å²) in [6.07, 6.45) is 0.861. The summed E-state index contributed by atoms with van der Waals surface area (Å²) in [7, 11) is 3.30. The maximum Gasteiger partial charge on any atom is 0.191 e. The van der Waals surface area contributed by atoms with Crippen LogP contribution in [-0.4, -0.2) is 38.3 Å². The van der Waals surface area contributed by atoms with Gasteiger partial charge in [0.05, 0.1) is 26.5 Å². The molecule has 0 fully saturated rings. The van der Waals surface area contributed by atoms with Crippen LogP contribution in [0.15, 0.2) is 28.6 Å². The van der Waals surface area contributed by atoms with E-state index in [-0.39, 0.29) is 24.0 Å². The molecular weight excluding hydrogens is 487 g/mol. The van der Waals surface area contributed by atoms with Gasteiger partial charge in [-0.25, -0.2) is 9.98 Å². The molecule has 0 atom stereocenters. The Morgan fingerprint density at radius 2 is 1.93 bits per heavy atom. The minimum absolute atomic E-state index is 0. The van der Waals surface area contributed by atoms with Crippen LogP contribution in [0, 0.1) is 0 Å². The van der Waals surface area contributed by atoms with Gasteiger partial charge in [-0.2, -0.15) is 0 Å². The first-order chi connectivity index (χ1) is 13.1. The molecule has 0 unspecified atom stereocenters. The Balaban J connectivity index is 0.00000392. The highest BCUT2D eigenvalue weighted by Gasteiger charge is 2.07. The fraction of sp³-hybridized carbons (Fsp3) is 0.500. The van der Waals surface area contributed by atoms with E-state index in [4.69, 9.17) is 9.47 Å². The van der Waals surface area contributed by atoms with Crippen molar-refractivity contribution in [2.24, 2.45) is 4.99 Å². The lowest BCUT2D eigenvalue weighted by atomic mass is 10.1. The normalized spacial score (nSPS) is 11.1. The number of guanidine groups is 1. The Hall–Kier alpha value is -1.55. The van der Waals surface area contributed by atoms with Crippen LogP contribution in [0.25, 0.3) is 0 Å². The molecule has 2 rings (SSSR count). The smallest absolute Gasteiger partial charge is 0.191 e. The third-order valence-electron chi connectivity index (χ3n) is 4.03. The molecule has 0 spiro atoms. The number of nitrogens with one attached hydrogen (secondary N) is 2. The van der Waals surface area contributed by atoms with Crippen LogP contribution in [0.5, 0.6) is 11.5 Å². The highest BCUT2D eigenvalue weighted by molar-refractivity contribution is 14.0. The molecule has 0 aliphatic carbocycles. The van der Waals surface area contributed by atoms with E-state index in [0.29, 0.717) is 12.5 Å². The molecule has 28 heavy (non-hydrogen) atoms. The summed E-state index contributed by atoms with van der Waals surface area (Å²) in [5.41, 5.74) is 2.31. The van der Waals surface area contributed by atoms with Gasteiger partial charge in [0.15, 0.2) is 17.5 Å². The number of aliphatic imine (C=N–C) groups is 1. The van der Waals surface area contributed by atoms with Gasteiger partial charge in [-0.15, -0.1) is 35.3 Å². The monoisotopic (exact) mass is 518 g/mol. The molecule has 2 N–H and O–H groups in total. The van der Waals surface area contributed by atoms with Gasteiger partial charge in [0.2, 0.25) is 0 Å². The third kappa shape index (κ3) is 7.46. The molecule has 0 saturated carbocycles. The van der Waals surface area contributed by atoms with Gasteiger partial charge >= 0.3 is 0 Å². The quantitative estimate of drug-likeness (QED) is 0.296. The molecule has 0 radical (unpaired) electrons. The molecule has 0 amide bonds. The minimum Gasteiger partial charge on any atom is -0.493 e. The molecule has 6 nitrogen and oxygen atoms in total. The first-order valence-electron chi connectivity index (χ1n) is 9.24. The number of nitrogens with zero attached hydrogens (tertiary/aromatic N) is 2. The van der Waals surface area contributed by atoms with Crippen molar-refractivity contribution in [2.75, 3.05) is 27.3 Å². The standard InChI is InChI=1S/C20H30N4O2S.HI/c1-6-21-20(23-12-19-24-16(13-27-19)14(2)3)22-10-9-15-7-8-17(25-4)18(11-15)26-5;/h7-8,11,13-14H,6,9-10,12H2,1-5H3,(H2,21,22,23);1H. The largest absolute Gasteiger partial charge is 0.493 e. The lowest BCUT2D eigenvalue weighted by Crippen LogP contribution is -2.38. The Kier molecular flexibility index (Phi) is 11.2. The second-order valence-corrected chi connectivity index (χ2v) is 7.32. The predicted molar refractivity (Wildman–Crippen MR) is 128 cm³/mol. The van der Waals surface area contributed by atoms with Crippen molar-refractivity contribution < 1.29 is 9.47 Å². The maximum atomic E-state index is 5.36. The van der Waals surface area contributed by atoms with Gasteiger partial charge in [-0.1, -0.05) is 19.9 Å². The van der Waals surface area contributed by atoms with Crippen molar-refractivity contribution in [3.05, 3.63) is 39.8 Å². The molecule has 1 heterocycles. The van der Waals surface area contributed by atoms with E-state index >= 15 is 0 Å². The number of ether oxygens (including phenoxy) is 2. The van der Waals surface area contributed by atoms with Gasteiger partial charge in [-0.3, -0.25) is 0 Å². The number of halogens is 1. The lowest BCUT2D eigenvalue weighted by molar-refractivity contribution is 0.354. The predicted octanol–water partition coefficient (Wildman–Crippen LogP) is 4.20. The van der Waals surface area contributed by atoms with E-state index in [1.807, 2.05) is 12.1 Å². The first kappa shape index (κ1) is 24.5. The minimum atomic E-state index is 0. The van der Waals surface area contributed by atoms with Gasteiger partial charge in [0, 0.05) is 18.5 Å². The molecule has 0 aliphatic rings. The number of benzene rings is 1. The van der Waals surface area contributed by atoms with Crippen LogP contribution >= 0.6 is 35.3 Å². The summed E-state index contributed by atoms with van der Waals surface area (Å²) in [6, 6.07) is 5.99. The molecule has 0 saturated heterocycles. The second-order valence-electron chi connectivity index (χ2n) is 6.38. The Morgan fingerprint density at radius 3 is 2.54 bits per heavy atom. The molecule has 2 aromatic rings. The lowest BCUT2D eigenvalue weighted by Gasteiger charge is -2.12. The van der Waals surface area contributed by atoms with Gasteiger partial charge in [0.1, 0.15) is 5.01 Å². The number of hydrogen-bond acceptors (Lipinski definition) is 5. The maximum absolute atomic E-state index is 5.36. The second kappa shape index (κ2) is 12.8. The van der Waals surface area contributed by atoms with Crippen molar-refractivity contribution in [2.45, 2.75) is 39.7 Å². The summed E-state index contributed by atoms with van der Waals surface area (Å²) < 4.78 is 10.6. The molecule has 0 bridgehead atoms. The van der Waals surface area contributed by atoms with Gasteiger partial charge < -0.3 is 20.1 Å². The van der Waals surface area contributed by atoms with E-state index in [0.717, 1.165) is 47.7 Å². The molecule has 8 heteroatoms. The Labute approximate surface area is 189 Å². The van der Waals surface area contributed by atoms with E-state index < -0.39 is 0 Å². The van der Waals surface area contributed by atoms with Crippen LogP contribution in [0.2, 0.25) is 0 Å². The highest BCUT2D eigenvalue weighted by atomic mass is 127. The fourth-order valence-corrected chi connectivity index (χ4v) is 3.39. The summed E-state index contributed by atoms with van der Waals surface area (Å²) in [5, 5.41) is 9.82. The van der Waals surface area contributed by atoms with Crippen molar-refractivity contribution in [3.63, 3.8) is 0 Å². The highest BCUT2D eigenvalue weighted by Crippen LogP contribution is 2.27. The SMILES string of the molecule is CCNC(=NCc1nc(C(C)C)cs1)NCCc1ccc(OC)c(OC)c1.I. The zero-order valence-corrected chi connectivity index (χ0v) is 20.4. The summed E-state index contributed by atoms with van der Waals surface area (Å²) in [6.45, 7) is 8.55. The van der Waals surface area contributed by atoms with Crippen LogP contribution in [0.4, 0.5) is 0 Å². The Bertz CT molecular complexity index is 750. The molecule has 1 aromatic heterocycles. The molecule has 156 valence electrons. The van der Waals surface area contributed by atoms with Gasteiger partial charge in [-0.05, 0) is 37.0 Å². The number of thiazole rings is 1. The molecule has 1 aromatic carbocycles. The van der Waals surface area contributed by atoms with Crippen LogP contribution in [-0.2, 0) is 13.0 Å². The molecular formula is C20H31IN4O2S. The van der Waals surface area contributed by atoms with Crippen LogP contribution in [0.3, 0.4) is 0 Å². The van der Waals surface area contributed by atoms with E-state index in [1.54, 1.807) is 25.6 Å². The zero-order valence-electron chi connectivity index (χ0n) is 17.2. The van der Waals surface area contributed by atoms with Gasteiger partial charge in [0.25, 0.3) is 0 Å². The summed E-state index contributed by atoms with van der Waals surface area (Å²) >= 11 is 1.67. The van der Waals surface area contributed by atoms with Crippen molar-refractivity contribution in [1.29, 1.82) is 0 Å². The number of methoxy groups -OCH3 is 2. The van der Waals surface area contributed by atoms with Crippen molar-refractivity contribution >= 4 is 41.3 Å². The zero-order chi connectivity index (χ0) is 19.6. The van der Waals surface area contributed by atoms with Crippen LogP contribution < -0.4 is 20.1 Å². The average molecular weight is 518 g/mol. The number of rotatable bonds is 9. The fourth-order valence-electron chi connectivity index (χ4n) is 2.51. The van der Waals surface area contributed by atoms with Crippen LogP contribution in [0.1, 0.15) is 43.0 Å². The Morgan fingerprint density at radius 1 is 1.18 bits per heavy atom. The number of aromatic nitrogens is 1. The van der Waals surface area contributed by atoms with E-state index in [9.17, 15) is 0 Å². The number of hydrogen-bond donors (Lipinski definition) is 2. The van der Waals surface area contributed by atoms with E-state index in [1.165, 1.54) is 5.56 Å². The summed E-state index contributed by atoms with van der Waals surface area (Å²) in [5.74, 6) is 2.75. The summed E-state index contributed by atoms with van der Waals surface area (Å²) in [4.78, 5) is 9.28.